The number of alkyl halides is 3. The summed E-state index contributed by atoms with van der Waals surface area (Å²) < 4.78 is 57.0. The summed E-state index contributed by atoms with van der Waals surface area (Å²) in [5, 5.41) is 15.0. The summed E-state index contributed by atoms with van der Waals surface area (Å²) in [4.78, 5) is 55.3. The van der Waals surface area contributed by atoms with Gasteiger partial charge in [0.25, 0.3) is 11.5 Å². The van der Waals surface area contributed by atoms with E-state index in [1.54, 1.807) is 31.2 Å². The van der Waals surface area contributed by atoms with Gasteiger partial charge in [0.15, 0.2) is 0 Å². The van der Waals surface area contributed by atoms with Crippen molar-refractivity contribution in [2.24, 2.45) is 14.1 Å². The molecule has 47 heavy (non-hydrogen) atoms. The molecule has 0 aliphatic carbocycles. The Hall–Kier alpha value is -5.01. The van der Waals surface area contributed by atoms with Crippen molar-refractivity contribution >= 4 is 28.5 Å². The van der Waals surface area contributed by atoms with E-state index in [2.05, 4.69) is 15.6 Å². The first-order valence-electron chi connectivity index (χ1n) is 14.9. The SMILES string of the molecule is CC.CC[C@@H](Nc1cc(C)c(C(=O)N[C@@H](Cc2ccc(-c3c(C)n(C)c(=O)n(C)c3=O)c3ncccc23)C(=O)O)c(F)c1)C(F)(F)F. The van der Waals surface area contributed by atoms with E-state index >= 15 is 4.39 Å². The fourth-order valence-corrected chi connectivity index (χ4v) is 5.25. The maximum atomic E-state index is 15.1. The lowest BCUT2D eigenvalue weighted by Crippen LogP contribution is -2.43. The maximum Gasteiger partial charge on any atom is 0.408 e. The van der Waals surface area contributed by atoms with Crippen LogP contribution in [0.3, 0.4) is 0 Å². The summed E-state index contributed by atoms with van der Waals surface area (Å²) in [7, 11) is 2.89. The Bertz CT molecular complexity index is 1910. The Morgan fingerprint density at radius 3 is 2.28 bits per heavy atom. The third kappa shape index (κ3) is 7.53. The number of aromatic nitrogens is 3. The molecule has 2 heterocycles. The number of aryl methyl sites for hydroxylation is 1. The van der Waals surface area contributed by atoms with Crippen molar-refractivity contribution in [3.8, 4) is 11.1 Å². The van der Waals surface area contributed by atoms with Gasteiger partial charge in [-0.15, -0.1) is 0 Å². The number of halogens is 4. The number of amides is 1. The van der Waals surface area contributed by atoms with Crippen molar-refractivity contribution in [3.63, 3.8) is 0 Å². The lowest BCUT2D eigenvalue weighted by molar-refractivity contribution is -0.143. The summed E-state index contributed by atoms with van der Waals surface area (Å²) in [5.41, 5.74) is 0.153. The molecule has 0 spiro atoms. The first-order valence-corrected chi connectivity index (χ1v) is 14.9. The van der Waals surface area contributed by atoms with E-state index in [1.165, 1.54) is 44.8 Å². The number of nitrogens with zero attached hydrogens (tertiary/aromatic N) is 3. The van der Waals surface area contributed by atoms with Gasteiger partial charge in [0.1, 0.15) is 17.9 Å². The van der Waals surface area contributed by atoms with Crippen LogP contribution in [0.5, 0.6) is 0 Å². The Morgan fingerprint density at radius 2 is 1.70 bits per heavy atom. The molecule has 14 heteroatoms. The predicted molar refractivity (Wildman–Crippen MR) is 171 cm³/mol. The second kappa shape index (κ2) is 14.6. The number of hydrogen-bond acceptors (Lipinski definition) is 6. The minimum atomic E-state index is -4.57. The van der Waals surface area contributed by atoms with Gasteiger partial charge in [-0.25, -0.2) is 14.0 Å². The van der Waals surface area contributed by atoms with Crippen LogP contribution in [-0.2, 0) is 25.3 Å². The summed E-state index contributed by atoms with van der Waals surface area (Å²) >= 11 is 0. The molecule has 0 radical (unpaired) electrons. The summed E-state index contributed by atoms with van der Waals surface area (Å²) in [6.45, 7) is 8.28. The van der Waals surface area contributed by atoms with Crippen LogP contribution in [0.4, 0.5) is 23.2 Å². The topological polar surface area (TPSA) is 135 Å². The van der Waals surface area contributed by atoms with Crippen LogP contribution in [0.2, 0.25) is 0 Å². The van der Waals surface area contributed by atoms with Crippen LogP contribution in [0.25, 0.3) is 22.0 Å². The molecule has 2 aromatic heterocycles. The number of benzene rings is 2. The van der Waals surface area contributed by atoms with E-state index in [9.17, 15) is 37.5 Å². The highest BCUT2D eigenvalue weighted by Crippen LogP contribution is 2.31. The van der Waals surface area contributed by atoms with Gasteiger partial charge < -0.3 is 20.3 Å². The fraction of sp³-hybridized carbons (Fsp3) is 0.364. The van der Waals surface area contributed by atoms with Gasteiger partial charge in [-0.05, 0) is 49.6 Å². The zero-order valence-corrected chi connectivity index (χ0v) is 27.0. The third-order valence-corrected chi connectivity index (χ3v) is 7.77. The molecule has 252 valence electrons. The summed E-state index contributed by atoms with van der Waals surface area (Å²) in [6.07, 6.45) is -3.64. The highest BCUT2D eigenvalue weighted by molar-refractivity contribution is 5.99. The van der Waals surface area contributed by atoms with Crippen molar-refractivity contribution in [3.05, 3.63) is 91.6 Å². The lowest BCUT2D eigenvalue weighted by Gasteiger charge is -2.22. The minimum absolute atomic E-state index is 0.00406. The van der Waals surface area contributed by atoms with E-state index in [0.29, 0.717) is 27.7 Å². The third-order valence-electron chi connectivity index (χ3n) is 7.77. The second-order valence-electron chi connectivity index (χ2n) is 10.7. The number of fused-ring (bicyclic) bond motifs is 1. The number of rotatable bonds is 9. The Morgan fingerprint density at radius 1 is 1.04 bits per heavy atom. The molecule has 2 aromatic carbocycles. The van der Waals surface area contributed by atoms with Crippen LogP contribution in [0, 0.1) is 19.7 Å². The first kappa shape index (κ1) is 36.5. The Balaban J connectivity index is 0.00000294. The molecule has 0 saturated carbocycles. The molecule has 3 N–H and O–H groups in total. The average molecular weight is 660 g/mol. The average Bonchev–Trinajstić information content (AvgIpc) is 3.02. The van der Waals surface area contributed by atoms with Gasteiger partial charge in [-0.3, -0.25) is 19.1 Å². The van der Waals surface area contributed by atoms with Crippen molar-refractivity contribution in [2.45, 2.75) is 65.7 Å². The zero-order chi connectivity index (χ0) is 35.4. The molecule has 4 rings (SSSR count). The minimum Gasteiger partial charge on any atom is -0.480 e. The van der Waals surface area contributed by atoms with Crippen LogP contribution in [0.1, 0.15) is 54.4 Å². The largest absolute Gasteiger partial charge is 0.480 e. The summed E-state index contributed by atoms with van der Waals surface area (Å²) in [6, 6.07) is 4.94. The van der Waals surface area contributed by atoms with E-state index in [1.807, 2.05) is 13.8 Å². The van der Waals surface area contributed by atoms with Crippen molar-refractivity contribution in [1.29, 1.82) is 0 Å². The zero-order valence-electron chi connectivity index (χ0n) is 27.0. The molecule has 0 bridgehead atoms. The van der Waals surface area contributed by atoms with Crippen molar-refractivity contribution in [1.82, 2.24) is 19.4 Å². The quantitative estimate of drug-likeness (QED) is 0.209. The van der Waals surface area contributed by atoms with Crippen molar-refractivity contribution in [2.75, 3.05) is 5.32 Å². The van der Waals surface area contributed by atoms with E-state index in [4.69, 9.17) is 0 Å². The van der Waals surface area contributed by atoms with Gasteiger partial charge in [0, 0.05) is 49.0 Å². The smallest absolute Gasteiger partial charge is 0.408 e. The number of carboxylic acid groups (broad SMARTS) is 1. The van der Waals surface area contributed by atoms with E-state index in [0.717, 1.165) is 10.6 Å². The van der Waals surface area contributed by atoms with Crippen LogP contribution in [-0.4, -0.2) is 49.4 Å². The van der Waals surface area contributed by atoms with Gasteiger partial charge in [0.05, 0.1) is 16.6 Å². The number of anilines is 1. The number of nitrogens with one attached hydrogen (secondary N) is 2. The second-order valence-corrected chi connectivity index (χ2v) is 10.7. The number of carbonyl (C=O) groups excluding carboxylic acids is 1. The number of pyridine rings is 1. The van der Waals surface area contributed by atoms with Gasteiger partial charge in [0.2, 0.25) is 0 Å². The molecular formula is C33H37F4N5O5. The van der Waals surface area contributed by atoms with E-state index < -0.39 is 52.8 Å². The number of aliphatic carboxylic acids is 1. The molecule has 0 fully saturated rings. The van der Waals surface area contributed by atoms with Crippen LogP contribution < -0.4 is 21.9 Å². The molecule has 1 amide bonds. The lowest BCUT2D eigenvalue weighted by atomic mass is 9.94. The highest BCUT2D eigenvalue weighted by atomic mass is 19.4. The normalized spacial score (nSPS) is 12.6. The molecule has 0 saturated heterocycles. The number of carbonyl (C=O) groups is 2. The Kier molecular flexibility index (Phi) is 11.3. The number of hydrogen-bond donors (Lipinski definition) is 3. The molecular weight excluding hydrogens is 622 g/mol. The number of carboxylic acids is 1. The van der Waals surface area contributed by atoms with Gasteiger partial charge in [-0.2, -0.15) is 13.2 Å². The standard InChI is InChI=1S/C31H31F4N5O5.C2H6/c1-6-23(31(33,34)35)37-18-12-15(2)24(21(32)14-18)27(41)38-22(29(43)44)13-17-9-10-20(26-19(17)8-7-11-36-26)25-16(3)39(4)30(45)40(5)28(25)42;1-2/h7-12,14,22-23,37H,6,13H2,1-5H3,(H,38,41)(H,43,44);1-2H3/t22-,23+;/m0./s1. The molecule has 0 aliphatic heterocycles. The van der Waals surface area contributed by atoms with Crippen LogP contribution >= 0.6 is 0 Å². The van der Waals surface area contributed by atoms with Crippen LogP contribution in [0.15, 0.2) is 52.2 Å². The molecule has 0 unspecified atom stereocenters. The van der Waals surface area contributed by atoms with E-state index in [-0.39, 0.29) is 29.7 Å². The molecule has 2 atom stereocenters. The van der Waals surface area contributed by atoms with Gasteiger partial charge in [-0.1, -0.05) is 39.0 Å². The monoisotopic (exact) mass is 659 g/mol. The fourth-order valence-electron chi connectivity index (χ4n) is 5.25. The summed E-state index contributed by atoms with van der Waals surface area (Å²) in [5.74, 6) is -3.60. The molecule has 4 aromatic rings. The molecule has 10 nitrogen and oxygen atoms in total. The maximum absolute atomic E-state index is 15.1. The predicted octanol–water partition coefficient (Wildman–Crippen LogP) is 5.26. The highest BCUT2D eigenvalue weighted by Gasteiger charge is 2.38. The first-order chi connectivity index (χ1) is 22.1. The Labute approximate surface area is 268 Å². The van der Waals surface area contributed by atoms with Gasteiger partial charge >= 0.3 is 17.8 Å². The molecule has 0 aliphatic rings. The van der Waals surface area contributed by atoms with Crippen molar-refractivity contribution < 1.29 is 32.3 Å².